The summed E-state index contributed by atoms with van der Waals surface area (Å²) >= 11 is 0. The quantitative estimate of drug-likeness (QED) is 0.471. The van der Waals surface area contributed by atoms with E-state index in [2.05, 4.69) is 97.9 Å². The summed E-state index contributed by atoms with van der Waals surface area (Å²) in [5.41, 5.74) is 0. The van der Waals surface area contributed by atoms with E-state index < -0.39 is 7.26 Å². The van der Waals surface area contributed by atoms with E-state index in [1.54, 1.807) is 0 Å². The van der Waals surface area contributed by atoms with Crippen molar-refractivity contribution in [2.75, 3.05) is 6.16 Å². The Morgan fingerprint density at radius 1 is 0.741 bits per heavy atom. The summed E-state index contributed by atoms with van der Waals surface area (Å²) in [6, 6.07) is 33.4. The molecule has 0 atom stereocenters. The van der Waals surface area contributed by atoms with Crippen LogP contribution in [0.25, 0.3) is 0 Å². The summed E-state index contributed by atoms with van der Waals surface area (Å²) in [5, 5.41) is 11.4. The molecule has 142 valence electrons. The first kappa shape index (κ1) is 22.9. The van der Waals surface area contributed by atoms with E-state index in [-0.39, 0.29) is 18.9 Å². The Morgan fingerprint density at radius 3 is 1.30 bits per heavy atom. The summed E-state index contributed by atoms with van der Waals surface area (Å²) in [6.45, 7) is 2.04. The van der Waals surface area contributed by atoms with Gasteiger partial charge in [0.25, 0.3) is 6.47 Å². The highest BCUT2D eigenvalue weighted by molar-refractivity contribution is 7.95. The zero-order valence-electron chi connectivity index (χ0n) is 15.6. The Morgan fingerprint density at radius 2 is 1.04 bits per heavy atom. The van der Waals surface area contributed by atoms with Crippen molar-refractivity contribution in [3.05, 3.63) is 91.0 Å². The molecule has 0 spiro atoms. The molecule has 0 aliphatic rings. The smallest absolute Gasteiger partial charge is 0.290 e. The monoisotopic (exact) mass is 401 g/mol. The van der Waals surface area contributed by atoms with Gasteiger partial charge < -0.3 is 5.11 Å². The fourth-order valence-electron chi connectivity index (χ4n) is 3.28. The van der Waals surface area contributed by atoms with E-state index >= 15 is 0 Å². The fraction of sp³-hybridized carbons (Fsp3) is 0.174. The van der Waals surface area contributed by atoms with Crippen LogP contribution in [0.4, 0.5) is 0 Å². The number of hydrogen-bond acceptors (Lipinski definition) is 1. The topological polar surface area (TPSA) is 37.3 Å². The van der Waals surface area contributed by atoms with Gasteiger partial charge in [0, 0.05) is 0 Å². The van der Waals surface area contributed by atoms with Crippen molar-refractivity contribution in [3.8, 4) is 0 Å². The molecule has 27 heavy (non-hydrogen) atoms. The maximum absolute atomic E-state index is 8.36. The third kappa shape index (κ3) is 5.66. The van der Waals surface area contributed by atoms with Crippen molar-refractivity contribution in [3.63, 3.8) is 0 Å². The van der Waals surface area contributed by atoms with Gasteiger partial charge in [0.15, 0.2) is 0 Å². The van der Waals surface area contributed by atoms with Gasteiger partial charge in [-0.25, -0.2) is 0 Å². The Bertz CT molecular complexity index is 667. The molecule has 0 unspecified atom stereocenters. The number of carbonyl (C=O) groups is 1. The molecular weight excluding hydrogens is 375 g/mol. The molecule has 0 saturated carbocycles. The average molecular weight is 402 g/mol. The highest BCUT2D eigenvalue weighted by atomic mass is 35.5. The normalized spacial score (nSPS) is 10.1. The van der Waals surface area contributed by atoms with Gasteiger partial charge in [0.05, 0.1) is 6.16 Å². The van der Waals surface area contributed by atoms with Gasteiger partial charge >= 0.3 is 0 Å². The first-order valence-corrected chi connectivity index (χ1v) is 10.9. The van der Waals surface area contributed by atoms with Crippen molar-refractivity contribution < 1.29 is 9.90 Å². The maximum atomic E-state index is 8.36. The van der Waals surface area contributed by atoms with Crippen LogP contribution in [0.15, 0.2) is 91.0 Å². The van der Waals surface area contributed by atoms with Crippen molar-refractivity contribution >= 4 is 42.1 Å². The van der Waals surface area contributed by atoms with Crippen LogP contribution < -0.4 is 15.9 Å². The van der Waals surface area contributed by atoms with Crippen LogP contribution >= 0.6 is 19.7 Å². The maximum Gasteiger partial charge on any atom is 0.290 e. The standard InChI is InChI=1S/C22H24P.CH2O2.ClH/c1-2-3-19-23(20-13-7-4-8-14-20,21-15-9-5-10-16-21)22-17-11-6-12-18-22;2-1-3;/h4-18H,2-3,19H2,1H3;1H,(H,2,3);1H/q+1;;. The third-order valence-electron chi connectivity index (χ3n) is 4.44. The minimum atomic E-state index is -1.57. The molecule has 1 N–H and O–H groups in total. The summed E-state index contributed by atoms with van der Waals surface area (Å²) in [6.07, 6.45) is 3.72. The van der Waals surface area contributed by atoms with Crippen molar-refractivity contribution in [2.24, 2.45) is 0 Å². The molecule has 0 aromatic heterocycles. The van der Waals surface area contributed by atoms with E-state index in [0.717, 1.165) is 0 Å². The lowest BCUT2D eigenvalue weighted by atomic mass is 10.3. The first-order chi connectivity index (χ1) is 12.8. The van der Waals surface area contributed by atoms with Gasteiger partial charge in [0.1, 0.15) is 23.2 Å². The SMILES string of the molecule is CCCC[P+](c1ccccc1)(c1ccccc1)c1ccccc1.Cl.O=CO. The molecule has 0 fully saturated rings. The van der Waals surface area contributed by atoms with Gasteiger partial charge in [0.2, 0.25) is 0 Å². The minimum absolute atomic E-state index is 0. The van der Waals surface area contributed by atoms with E-state index in [1.807, 2.05) is 0 Å². The summed E-state index contributed by atoms with van der Waals surface area (Å²) < 4.78 is 0. The molecular formula is C23H27ClO2P+. The second-order valence-corrected chi connectivity index (χ2v) is 9.61. The number of carboxylic acid groups (broad SMARTS) is 1. The Hall–Kier alpha value is -2.15. The van der Waals surface area contributed by atoms with E-state index in [9.17, 15) is 0 Å². The third-order valence-corrected chi connectivity index (χ3v) is 8.96. The summed E-state index contributed by atoms with van der Waals surface area (Å²) in [7, 11) is -1.57. The zero-order chi connectivity index (χ0) is 18.7. The lowest BCUT2D eigenvalue weighted by Gasteiger charge is -2.27. The van der Waals surface area contributed by atoms with Gasteiger partial charge in [-0.05, 0) is 42.8 Å². The fourth-order valence-corrected chi connectivity index (χ4v) is 7.78. The molecule has 4 heteroatoms. The Kier molecular flexibility index (Phi) is 10.4. The number of hydrogen-bond donors (Lipinski definition) is 1. The van der Waals surface area contributed by atoms with Crippen LogP contribution in [0.5, 0.6) is 0 Å². The highest BCUT2D eigenvalue weighted by Crippen LogP contribution is 2.55. The predicted molar refractivity (Wildman–Crippen MR) is 121 cm³/mol. The van der Waals surface area contributed by atoms with Gasteiger partial charge in [-0.2, -0.15) is 0 Å². The highest BCUT2D eigenvalue weighted by Gasteiger charge is 2.44. The van der Waals surface area contributed by atoms with Crippen LogP contribution in [0.2, 0.25) is 0 Å². The number of benzene rings is 3. The van der Waals surface area contributed by atoms with Crippen LogP contribution in [-0.2, 0) is 4.79 Å². The van der Waals surface area contributed by atoms with Crippen molar-refractivity contribution in [2.45, 2.75) is 19.8 Å². The lowest BCUT2D eigenvalue weighted by Crippen LogP contribution is -2.33. The number of unbranched alkanes of at least 4 members (excludes halogenated alkanes) is 1. The summed E-state index contributed by atoms with van der Waals surface area (Å²) in [5.74, 6) is 0. The van der Waals surface area contributed by atoms with E-state index in [4.69, 9.17) is 9.90 Å². The molecule has 0 radical (unpaired) electrons. The molecule has 2 nitrogen and oxygen atoms in total. The molecule has 0 aliphatic heterocycles. The van der Waals surface area contributed by atoms with Gasteiger partial charge in [-0.1, -0.05) is 67.9 Å². The molecule has 3 aromatic carbocycles. The average Bonchev–Trinajstić information content (AvgIpc) is 2.72. The van der Waals surface area contributed by atoms with Crippen molar-refractivity contribution in [1.29, 1.82) is 0 Å². The summed E-state index contributed by atoms with van der Waals surface area (Å²) in [4.78, 5) is 8.36. The second kappa shape index (κ2) is 12.3. The first-order valence-electron chi connectivity index (χ1n) is 8.92. The van der Waals surface area contributed by atoms with Crippen LogP contribution in [0.3, 0.4) is 0 Å². The van der Waals surface area contributed by atoms with Crippen LogP contribution in [-0.4, -0.2) is 17.7 Å². The number of rotatable bonds is 6. The Labute approximate surface area is 169 Å². The molecule has 3 rings (SSSR count). The lowest BCUT2D eigenvalue weighted by molar-refractivity contribution is -0.122. The molecule has 0 amide bonds. The van der Waals surface area contributed by atoms with Crippen LogP contribution in [0.1, 0.15) is 19.8 Å². The molecule has 0 saturated heterocycles. The second-order valence-electron chi connectivity index (χ2n) is 6.00. The molecule has 0 heterocycles. The molecule has 0 aliphatic carbocycles. The molecule has 0 bridgehead atoms. The zero-order valence-corrected chi connectivity index (χ0v) is 17.3. The predicted octanol–water partition coefficient (Wildman–Crippen LogP) is 4.90. The largest absolute Gasteiger partial charge is 0.483 e. The van der Waals surface area contributed by atoms with E-state index in [1.165, 1.54) is 34.9 Å². The minimum Gasteiger partial charge on any atom is -0.483 e. The van der Waals surface area contributed by atoms with Crippen molar-refractivity contribution in [1.82, 2.24) is 0 Å². The van der Waals surface area contributed by atoms with Crippen LogP contribution in [0, 0.1) is 0 Å². The Balaban J connectivity index is 0.000000855. The number of halogens is 1. The van der Waals surface area contributed by atoms with Gasteiger partial charge in [-0.3, -0.25) is 4.79 Å². The van der Waals surface area contributed by atoms with E-state index in [0.29, 0.717) is 0 Å². The van der Waals surface area contributed by atoms with Gasteiger partial charge in [-0.15, -0.1) is 12.4 Å². The molecule has 3 aromatic rings.